The van der Waals surface area contributed by atoms with Crippen LogP contribution in [0.25, 0.3) is 11.1 Å². The Balaban J connectivity index is 1.46. The van der Waals surface area contributed by atoms with Gasteiger partial charge in [-0.3, -0.25) is 0 Å². The van der Waals surface area contributed by atoms with Gasteiger partial charge in [0.25, 0.3) is 0 Å². The number of aryl methyl sites for hydroxylation is 4. The second-order valence-corrected chi connectivity index (χ2v) is 15.6. The highest BCUT2D eigenvalue weighted by molar-refractivity contribution is 5.67. The van der Waals surface area contributed by atoms with Gasteiger partial charge in [-0.2, -0.15) is 0 Å². The first-order chi connectivity index (χ1) is 25.4. The van der Waals surface area contributed by atoms with E-state index in [1.54, 1.807) is 0 Å². The Morgan fingerprint density at radius 1 is 0.296 bits per heavy atom. The molecule has 0 amide bonds. The van der Waals surface area contributed by atoms with Crippen molar-refractivity contribution >= 4 is 0 Å². The van der Waals surface area contributed by atoms with E-state index in [1.165, 1.54) is 0 Å². The molecule has 4 nitrogen and oxygen atoms in total. The standard InChI is InChI=1S/C50H54O4/c1-25-21-41(29(5)33(9)47(25)51)45(42-22-26(2)48(52)34(10)30(42)6)39-17-13-37(14-18-39)38-15-19-40(20-16-38)46(43-23-27(3)49(53)35(11)31(43)7)44-24-28(4)50(54)36(12)32(44)8/h13-24,45-46,51-54H,1-12H3. The summed E-state index contributed by atoms with van der Waals surface area (Å²) in [6.45, 7) is 24.1. The monoisotopic (exact) mass is 718 g/mol. The maximum Gasteiger partial charge on any atom is 0.121 e. The third-order valence-corrected chi connectivity index (χ3v) is 12.5. The van der Waals surface area contributed by atoms with Crippen molar-refractivity contribution in [2.75, 3.05) is 0 Å². The molecule has 54 heavy (non-hydrogen) atoms. The van der Waals surface area contributed by atoms with Crippen molar-refractivity contribution in [1.29, 1.82) is 0 Å². The average molecular weight is 719 g/mol. The molecule has 6 rings (SSSR count). The van der Waals surface area contributed by atoms with Gasteiger partial charge in [0.05, 0.1) is 0 Å². The van der Waals surface area contributed by atoms with Crippen LogP contribution in [0, 0.1) is 83.1 Å². The van der Waals surface area contributed by atoms with Gasteiger partial charge in [0.15, 0.2) is 0 Å². The summed E-state index contributed by atoms with van der Waals surface area (Å²) in [6.07, 6.45) is 0. The Labute approximate surface area is 321 Å². The first-order valence-electron chi connectivity index (χ1n) is 18.8. The molecule has 0 spiro atoms. The van der Waals surface area contributed by atoms with E-state index in [1.807, 2.05) is 55.4 Å². The fourth-order valence-corrected chi connectivity index (χ4v) is 8.39. The van der Waals surface area contributed by atoms with E-state index in [4.69, 9.17) is 0 Å². The van der Waals surface area contributed by atoms with Crippen molar-refractivity contribution in [2.24, 2.45) is 0 Å². The second-order valence-electron chi connectivity index (χ2n) is 15.6. The molecule has 4 heteroatoms. The molecule has 0 aliphatic rings. The van der Waals surface area contributed by atoms with Gasteiger partial charge in [-0.25, -0.2) is 0 Å². The number of aromatic hydroxyl groups is 4. The molecule has 278 valence electrons. The smallest absolute Gasteiger partial charge is 0.121 e. The van der Waals surface area contributed by atoms with Gasteiger partial charge in [-0.15, -0.1) is 0 Å². The molecule has 6 aromatic carbocycles. The lowest BCUT2D eigenvalue weighted by Gasteiger charge is -2.27. The van der Waals surface area contributed by atoms with Gasteiger partial charge < -0.3 is 20.4 Å². The highest BCUT2D eigenvalue weighted by Gasteiger charge is 2.27. The topological polar surface area (TPSA) is 80.9 Å². The number of rotatable bonds is 7. The predicted molar refractivity (Wildman–Crippen MR) is 223 cm³/mol. The first kappa shape index (κ1) is 38.3. The molecule has 0 unspecified atom stereocenters. The largest absolute Gasteiger partial charge is 0.507 e. The summed E-state index contributed by atoms with van der Waals surface area (Å²) in [5, 5.41) is 43.2. The Bertz CT molecular complexity index is 2130. The Morgan fingerprint density at radius 3 is 0.704 bits per heavy atom. The van der Waals surface area contributed by atoms with Crippen LogP contribution in [-0.4, -0.2) is 20.4 Å². The van der Waals surface area contributed by atoms with Crippen molar-refractivity contribution in [1.82, 2.24) is 0 Å². The fourth-order valence-electron chi connectivity index (χ4n) is 8.39. The molecular formula is C50H54O4. The van der Waals surface area contributed by atoms with Crippen LogP contribution in [0.2, 0.25) is 0 Å². The van der Waals surface area contributed by atoms with Gasteiger partial charge in [-0.05, 0) is 194 Å². The van der Waals surface area contributed by atoms with E-state index >= 15 is 0 Å². The summed E-state index contributed by atoms with van der Waals surface area (Å²) in [5.74, 6) is 1.15. The van der Waals surface area contributed by atoms with E-state index in [2.05, 4.69) is 100 Å². The quantitative estimate of drug-likeness (QED) is 0.124. The van der Waals surface area contributed by atoms with Gasteiger partial charge >= 0.3 is 0 Å². The zero-order valence-electron chi connectivity index (χ0n) is 33.9. The minimum Gasteiger partial charge on any atom is -0.507 e. The minimum atomic E-state index is -0.0980. The molecule has 6 aromatic rings. The molecule has 0 radical (unpaired) electrons. The third kappa shape index (κ3) is 6.42. The summed E-state index contributed by atoms with van der Waals surface area (Å²) in [7, 11) is 0. The number of phenolic OH excluding ortho intramolecular Hbond substituents is 4. The summed E-state index contributed by atoms with van der Waals surface area (Å²) in [5.41, 5.74) is 20.2. The van der Waals surface area contributed by atoms with Crippen molar-refractivity contribution < 1.29 is 20.4 Å². The van der Waals surface area contributed by atoms with E-state index in [9.17, 15) is 20.4 Å². The van der Waals surface area contributed by atoms with Gasteiger partial charge in [0.2, 0.25) is 0 Å². The van der Waals surface area contributed by atoms with Crippen molar-refractivity contribution in [3.8, 4) is 34.1 Å². The van der Waals surface area contributed by atoms with E-state index in [0.717, 1.165) is 111 Å². The molecule has 4 N–H and O–H groups in total. The number of phenols is 4. The minimum absolute atomic E-state index is 0.0980. The molecule has 0 fully saturated rings. The lowest BCUT2D eigenvalue weighted by Crippen LogP contribution is -2.10. The second kappa shape index (κ2) is 14.4. The van der Waals surface area contributed by atoms with E-state index in [0.29, 0.717) is 23.0 Å². The van der Waals surface area contributed by atoms with Crippen molar-refractivity contribution in [3.63, 3.8) is 0 Å². The Kier molecular flexibility index (Phi) is 10.2. The molecule has 0 saturated heterocycles. The van der Waals surface area contributed by atoms with Crippen LogP contribution < -0.4 is 0 Å². The van der Waals surface area contributed by atoms with Crippen LogP contribution in [0.1, 0.15) is 112 Å². The van der Waals surface area contributed by atoms with Crippen LogP contribution in [0.4, 0.5) is 0 Å². The maximum atomic E-state index is 10.8. The Hall–Kier alpha value is -5.48. The molecule has 0 aliphatic carbocycles. The van der Waals surface area contributed by atoms with Crippen LogP contribution in [0.5, 0.6) is 23.0 Å². The molecule has 0 atom stereocenters. The van der Waals surface area contributed by atoms with Crippen LogP contribution in [-0.2, 0) is 0 Å². The molecule has 0 saturated carbocycles. The van der Waals surface area contributed by atoms with Crippen LogP contribution >= 0.6 is 0 Å². The lowest BCUT2D eigenvalue weighted by molar-refractivity contribution is 0.465. The first-order valence-corrected chi connectivity index (χ1v) is 18.8. The SMILES string of the molecule is Cc1cc(C(c2ccc(-c3ccc(C(c4cc(C)c(O)c(C)c4C)c4cc(C)c(O)c(C)c4C)cc3)cc2)c2cc(C)c(O)c(C)c2C)c(C)c(C)c1O. The zero-order chi connectivity index (χ0) is 39.5. The molecule has 0 bridgehead atoms. The maximum absolute atomic E-state index is 10.8. The summed E-state index contributed by atoms with van der Waals surface area (Å²) in [6, 6.07) is 26.0. The number of hydrogen-bond donors (Lipinski definition) is 4. The third-order valence-electron chi connectivity index (χ3n) is 12.5. The van der Waals surface area contributed by atoms with Gasteiger partial charge in [-0.1, -0.05) is 72.8 Å². The van der Waals surface area contributed by atoms with Crippen molar-refractivity contribution in [2.45, 2.75) is 94.9 Å². The summed E-state index contributed by atoms with van der Waals surface area (Å²) < 4.78 is 0. The van der Waals surface area contributed by atoms with Crippen molar-refractivity contribution in [3.05, 3.63) is 173 Å². The van der Waals surface area contributed by atoms with Crippen LogP contribution in [0.3, 0.4) is 0 Å². The lowest BCUT2D eigenvalue weighted by atomic mass is 9.77. The highest BCUT2D eigenvalue weighted by Crippen LogP contribution is 2.45. The van der Waals surface area contributed by atoms with E-state index in [-0.39, 0.29) is 11.8 Å². The normalized spacial score (nSPS) is 11.6. The summed E-state index contributed by atoms with van der Waals surface area (Å²) >= 11 is 0. The van der Waals surface area contributed by atoms with Crippen LogP contribution in [0.15, 0.2) is 72.8 Å². The number of benzene rings is 6. The molecular weight excluding hydrogens is 665 g/mol. The molecule has 0 aromatic heterocycles. The van der Waals surface area contributed by atoms with Gasteiger partial charge in [0.1, 0.15) is 23.0 Å². The number of hydrogen-bond acceptors (Lipinski definition) is 4. The zero-order valence-corrected chi connectivity index (χ0v) is 33.9. The molecule has 0 aliphatic heterocycles. The average Bonchev–Trinajstić information content (AvgIpc) is 3.16. The van der Waals surface area contributed by atoms with E-state index < -0.39 is 0 Å². The van der Waals surface area contributed by atoms with Gasteiger partial charge in [0, 0.05) is 11.8 Å². The molecule has 0 heterocycles. The summed E-state index contributed by atoms with van der Waals surface area (Å²) in [4.78, 5) is 0. The predicted octanol–water partition coefficient (Wildman–Crippen LogP) is 12.2. The fraction of sp³-hybridized carbons (Fsp3) is 0.280. The highest BCUT2D eigenvalue weighted by atomic mass is 16.3. The Morgan fingerprint density at radius 2 is 0.500 bits per heavy atom.